The smallest absolute Gasteiger partial charge is 0.243 e. The third-order valence-corrected chi connectivity index (χ3v) is 8.98. The number of aliphatic hydroxyl groups is 1. The van der Waals surface area contributed by atoms with Crippen molar-refractivity contribution in [2.24, 2.45) is 0 Å². The van der Waals surface area contributed by atoms with Gasteiger partial charge >= 0.3 is 0 Å². The van der Waals surface area contributed by atoms with Gasteiger partial charge in [0.2, 0.25) is 20.0 Å². The van der Waals surface area contributed by atoms with Crippen LogP contribution in [0.5, 0.6) is 0 Å². The molecule has 7 nitrogen and oxygen atoms in total. The molecule has 0 bridgehead atoms. The minimum Gasteiger partial charge on any atom is -0.394 e. The quantitative estimate of drug-likeness (QED) is 0.748. The molecule has 2 fully saturated rings. The first-order valence-corrected chi connectivity index (χ1v) is 11.9. The molecule has 1 aromatic carbocycles. The summed E-state index contributed by atoms with van der Waals surface area (Å²) in [7, 11) is -7.64. The van der Waals surface area contributed by atoms with Gasteiger partial charge in [0, 0.05) is 13.1 Å². The molecule has 9 heteroatoms. The molecule has 1 aliphatic heterocycles. The second-order valence-corrected chi connectivity index (χ2v) is 10.9. The second kappa shape index (κ2) is 7.20. The highest BCUT2D eigenvalue weighted by Crippen LogP contribution is 2.33. The molecule has 0 spiro atoms. The molecule has 0 radical (unpaired) electrons. The van der Waals surface area contributed by atoms with Gasteiger partial charge in [0.05, 0.1) is 21.9 Å². The molecular formula is C17H26N2O5S2. The Morgan fingerprint density at radius 3 is 2.27 bits per heavy atom. The Kier molecular flexibility index (Phi) is 5.47. The number of nitrogens with zero attached hydrogens (tertiary/aromatic N) is 1. The highest BCUT2D eigenvalue weighted by atomic mass is 32.2. The van der Waals surface area contributed by atoms with Crippen molar-refractivity contribution in [1.82, 2.24) is 9.03 Å². The number of sulfonamides is 2. The first-order chi connectivity index (χ1) is 12.2. The lowest BCUT2D eigenvalue weighted by atomic mass is 9.78. The normalized spacial score (nSPS) is 21.3. The predicted molar refractivity (Wildman–Crippen MR) is 97.8 cm³/mol. The van der Waals surface area contributed by atoms with Gasteiger partial charge in [-0.1, -0.05) is 12.5 Å². The highest BCUT2D eigenvalue weighted by Gasteiger charge is 2.40. The van der Waals surface area contributed by atoms with Gasteiger partial charge < -0.3 is 5.11 Å². The zero-order valence-electron chi connectivity index (χ0n) is 14.9. The highest BCUT2D eigenvalue weighted by molar-refractivity contribution is 7.90. The summed E-state index contributed by atoms with van der Waals surface area (Å²) in [6.45, 7) is 2.33. The van der Waals surface area contributed by atoms with Crippen molar-refractivity contribution in [3.63, 3.8) is 0 Å². The van der Waals surface area contributed by atoms with Crippen LogP contribution in [0.4, 0.5) is 0 Å². The van der Waals surface area contributed by atoms with E-state index in [2.05, 4.69) is 4.72 Å². The monoisotopic (exact) mass is 402 g/mol. The first kappa shape index (κ1) is 19.8. The second-order valence-electron chi connectivity index (χ2n) is 7.29. The van der Waals surface area contributed by atoms with E-state index in [0.29, 0.717) is 31.5 Å². The van der Waals surface area contributed by atoms with Gasteiger partial charge in [-0.3, -0.25) is 0 Å². The minimum atomic E-state index is -3.91. The fourth-order valence-electron chi connectivity index (χ4n) is 3.51. The van der Waals surface area contributed by atoms with Crippen LogP contribution >= 0.6 is 0 Å². The zero-order valence-corrected chi connectivity index (χ0v) is 16.6. The van der Waals surface area contributed by atoms with Crippen molar-refractivity contribution >= 4 is 20.0 Å². The Labute approximate surface area is 155 Å². The molecular weight excluding hydrogens is 376 g/mol. The number of aliphatic hydroxyl groups excluding tert-OH is 1. The third-order valence-electron chi connectivity index (χ3n) is 5.37. The van der Waals surface area contributed by atoms with Crippen molar-refractivity contribution in [3.8, 4) is 0 Å². The number of hydrogen-bond donors (Lipinski definition) is 2. The van der Waals surface area contributed by atoms with Crippen LogP contribution in [-0.2, 0) is 20.0 Å². The molecule has 1 saturated heterocycles. The Hall–Kier alpha value is -1.00. The van der Waals surface area contributed by atoms with Crippen LogP contribution in [0.15, 0.2) is 28.0 Å². The van der Waals surface area contributed by atoms with E-state index in [-0.39, 0.29) is 16.4 Å². The summed E-state index contributed by atoms with van der Waals surface area (Å²) in [5.41, 5.74) is -0.301. The van der Waals surface area contributed by atoms with Crippen LogP contribution in [0.3, 0.4) is 0 Å². The summed E-state index contributed by atoms with van der Waals surface area (Å²) >= 11 is 0. The molecule has 3 rings (SSSR count). The first-order valence-electron chi connectivity index (χ1n) is 8.96. The van der Waals surface area contributed by atoms with Gasteiger partial charge in [0.25, 0.3) is 0 Å². The summed E-state index contributed by atoms with van der Waals surface area (Å²) in [6, 6.07) is 4.18. The van der Waals surface area contributed by atoms with Crippen LogP contribution in [-0.4, -0.2) is 51.5 Å². The molecule has 2 N–H and O–H groups in total. The molecule has 1 aliphatic carbocycles. The standard InChI is InChI=1S/C17H26N2O5S2/c1-14-6-7-15(25(21,22)18-17(13-20)8-5-9-17)12-16(14)26(23,24)19-10-3-2-4-11-19/h6-7,12,18,20H,2-5,8-11,13H2,1H3. The molecule has 0 aromatic heterocycles. The fourth-order valence-corrected chi connectivity index (χ4v) is 6.83. The Morgan fingerprint density at radius 2 is 1.73 bits per heavy atom. The van der Waals surface area contributed by atoms with Crippen molar-refractivity contribution in [3.05, 3.63) is 23.8 Å². The topological polar surface area (TPSA) is 104 Å². The van der Waals surface area contributed by atoms with Gasteiger partial charge in [-0.25, -0.2) is 21.6 Å². The van der Waals surface area contributed by atoms with Gasteiger partial charge in [0.1, 0.15) is 0 Å². The summed E-state index contributed by atoms with van der Waals surface area (Å²) in [5.74, 6) is 0. The van der Waals surface area contributed by atoms with Crippen molar-refractivity contribution in [2.75, 3.05) is 19.7 Å². The molecule has 146 valence electrons. The number of nitrogens with one attached hydrogen (secondary N) is 1. The van der Waals surface area contributed by atoms with Gasteiger partial charge in [-0.2, -0.15) is 4.31 Å². The predicted octanol–water partition coefficient (Wildman–Crippen LogP) is 1.36. The SMILES string of the molecule is Cc1ccc(S(=O)(=O)NC2(CO)CCC2)cc1S(=O)(=O)N1CCCCC1. The van der Waals surface area contributed by atoms with Gasteiger partial charge in [-0.15, -0.1) is 0 Å². The molecule has 1 saturated carbocycles. The van der Waals surface area contributed by atoms with E-state index in [1.165, 1.54) is 22.5 Å². The van der Waals surface area contributed by atoms with Crippen LogP contribution in [0, 0.1) is 6.92 Å². The maximum atomic E-state index is 13.0. The van der Waals surface area contributed by atoms with Gasteiger partial charge in [-0.05, 0) is 56.7 Å². The summed E-state index contributed by atoms with van der Waals surface area (Å²) in [4.78, 5) is -0.0488. The van der Waals surface area contributed by atoms with Crippen molar-refractivity contribution in [2.45, 2.75) is 60.8 Å². The summed E-state index contributed by atoms with van der Waals surface area (Å²) in [6.07, 6.45) is 4.65. The maximum absolute atomic E-state index is 13.0. The van der Waals surface area contributed by atoms with E-state index in [4.69, 9.17) is 0 Å². The average Bonchev–Trinajstić information content (AvgIpc) is 2.59. The fraction of sp³-hybridized carbons (Fsp3) is 0.647. The lowest BCUT2D eigenvalue weighted by molar-refractivity contribution is 0.110. The van der Waals surface area contributed by atoms with Crippen molar-refractivity contribution in [1.29, 1.82) is 0 Å². The van der Waals surface area contributed by atoms with E-state index in [9.17, 15) is 21.9 Å². The number of benzene rings is 1. The average molecular weight is 403 g/mol. The van der Waals surface area contributed by atoms with E-state index >= 15 is 0 Å². The molecule has 2 aliphatic rings. The van der Waals surface area contributed by atoms with Crippen LogP contribution < -0.4 is 4.72 Å². The van der Waals surface area contributed by atoms with E-state index in [0.717, 1.165) is 25.7 Å². The van der Waals surface area contributed by atoms with Crippen molar-refractivity contribution < 1.29 is 21.9 Å². The van der Waals surface area contributed by atoms with Gasteiger partial charge in [0.15, 0.2) is 0 Å². The Bertz CT molecular complexity index is 865. The number of hydrogen-bond acceptors (Lipinski definition) is 5. The Balaban J connectivity index is 1.94. The number of rotatable bonds is 6. The summed E-state index contributed by atoms with van der Waals surface area (Å²) in [5, 5.41) is 9.52. The van der Waals surface area contributed by atoms with E-state index < -0.39 is 25.6 Å². The van der Waals surface area contributed by atoms with Crippen LogP contribution in [0.1, 0.15) is 44.1 Å². The molecule has 1 heterocycles. The van der Waals surface area contributed by atoms with E-state index in [1.807, 2.05) is 0 Å². The lowest BCUT2D eigenvalue weighted by Crippen LogP contribution is -2.55. The minimum absolute atomic E-state index is 0.0360. The molecule has 1 aromatic rings. The third kappa shape index (κ3) is 3.68. The zero-order chi connectivity index (χ0) is 19.0. The summed E-state index contributed by atoms with van der Waals surface area (Å²) < 4.78 is 55.4. The van der Waals surface area contributed by atoms with E-state index in [1.54, 1.807) is 6.92 Å². The molecule has 0 unspecified atom stereocenters. The molecule has 0 atom stereocenters. The molecule has 26 heavy (non-hydrogen) atoms. The largest absolute Gasteiger partial charge is 0.394 e. The number of piperidine rings is 1. The molecule has 0 amide bonds. The number of aryl methyl sites for hydroxylation is 1. The van der Waals surface area contributed by atoms with Crippen LogP contribution in [0.2, 0.25) is 0 Å². The Morgan fingerprint density at radius 1 is 1.08 bits per heavy atom. The lowest BCUT2D eigenvalue weighted by Gasteiger charge is -2.40. The maximum Gasteiger partial charge on any atom is 0.243 e. The van der Waals surface area contributed by atoms with Crippen LogP contribution in [0.25, 0.3) is 0 Å².